The number of pyridine rings is 1. The predicted molar refractivity (Wildman–Crippen MR) is 136 cm³/mol. The van der Waals surface area contributed by atoms with Gasteiger partial charge in [-0.05, 0) is 43.3 Å². The number of terminal acetylenes is 1. The second-order valence-electron chi connectivity index (χ2n) is 8.37. The Morgan fingerprint density at radius 3 is 2.54 bits per heavy atom. The number of carbonyl (C=O) groups excluding carboxylic acids is 1. The summed E-state index contributed by atoms with van der Waals surface area (Å²) in [5.74, 6) is -6.66. The maximum absolute atomic E-state index is 14.7. The van der Waals surface area contributed by atoms with Crippen LogP contribution in [-0.4, -0.2) is 38.5 Å². The minimum Gasteiger partial charge on any atom is -0.330 e. The molecule has 2 aromatic carbocycles. The molecule has 0 bridgehead atoms. The highest BCUT2D eigenvalue weighted by atomic mass is 19.2. The highest BCUT2D eigenvalue weighted by Gasteiger charge is 2.33. The van der Waals surface area contributed by atoms with Gasteiger partial charge in [0, 0.05) is 19.2 Å². The number of nitrogens with two attached hydrogens (primary N) is 1. The van der Waals surface area contributed by atoms with Gasteiger partial charge in [-0.25, -0.2) is 32.2 Å². The van der Waals surface area contributed by atoms with E-state index in [9.17, 15) is 27.2 Å². The summed E-state index contributed by atoms with van der Waals surface area (Å²) < 4.78 is 57.4. The number of rotatable bonds is 9. The van der Waals surface area contributed by atoms with E-state index in [0.717, 1.165) is 9.58 Å². The van der Waals surface area contributed by atoms with E-state index in [1.54, 1.807) is 36.4 Å². The number of hydrogen-bond acceptors (Lipinski definition) is 6. The van der Waals surface area contributed by atoms with Crippen molar-refractivity contribution in [2.45, 2.75) is 18.9 Å². The van der Waals surface area contributed by atoms with Crippen molar-refractivity contribution in [2.75, 3.05) is 18.5 Å². The van der Waals surface area contributed by atoms with Crippen LogP contribution in [0.15, 0.2) is 59.5 Å². The SMILES string of the molecule is C#CC[C@H](c1nc2cccnc2c(=O)n1Nc1ccccc1)N(CCCN)C(=O)c1cc(F)c(F)c(F)c1F. The van der Waals surface area contributed by atoms with Crippen molar-refractivity contribution in [3.05, 3.63) is 99.7 Å². The van der Waals surface area contributed by atoms with Crippen LogP contribution < -0.4 is 16.7 Å². The number of halogens is 4. The molecule has 2 heterocycles. The average molecular weight is 539 g/mol. The summed E-state index contributed by atoms with van der Waals surface area (Å²) in [5, 5.41) is 0. The molecule has 4 rings (SSSR count). The topological polar surface area (TPSA) is 106 Å². The molecule has 3 N–H and O–H groups in total. The molecule has 4 aromatic rings. The zero-order valence-corrected chi connectivity index (χ0v) is 20.4. The van der Waals surface area contributed by atoms with E-state index >= 15 is 0 Å². The monoisotopic (exact) mass is 538 g/mol. The molecule has 39 heavy (non-hydrogen) atoms. The number of benzene rings is 2. The zero-order chi connectivity index (χ0) is 28.1. The minimum absolute atomic E-state index is 0.0118. The Morgan fingerprint density at radius 2 is 1.85 bits per heavy atom. The number of amides is 1. The van der Waals surface area contributed by atoms with Crippen LogP contribution in [0.5, 0.6) is 0 Å². The van der Waals surface area contributed by atoms with Gasteiger partial charge in [0.2, 0.25) is 0 Å². The third-order valence-corrected chi connectivity index (χ3v) is 5.85. The Bertz CT molecular complexity index is 1620. The Kier molecular flexibility index (Phi) is 8.21. The van der Waals surface area contributed by atoms with Crippen LogP contribution in [0.1, 0.15) is 35.1 Å². The summed E-state index contributed by atoms with van der Waals surface area (Å²) in [5.41, 5.74) is 7.56. The van der Waals surface area contributed by atoms with Gasteiger partial charge in [-0.15, -0.1) is 12.3 Å². The summed E-state index contributed by atoms with van der Waals surface area (Å²) in [6.45, 7) is -0.0701. The van der Waals surface area contributed by atoms with E-state index < -0.39 is 46.3 Å². The molecule has 0 aliphatic rings. The van der Waals surface area contributed by atoms with Crippen molar-refractivity contribution in [1.29, 1.82) is 0 Å². The van der Waals surface area contributed by atoms with Crippen molar-refractivity contribution in [2.24, 2.45) is 5.73 Å². The summed E-state index contributed by atoms with van der Waals surface area (Å²) in [6, 6.07) is 10.7. The van der Waals surface area contributed by atoms with Gasteiger partial charge in [0.15, 0.2) is 34.6 Å². The van der Waals surface area contributed by atoms with E-state index in [1.165, 1.54) is 12.3 Å². The van der Waals surface area contributed by atoms with Gasteiger partial charge < -0.3 is 10.6 Å². The number of nitrogens with zero attached hydrogens (tertiary/aromatic N) is 4. The Morgan fingerprint density at radius 1 is 1.10 bits per heavy atom. The molecule has 0 aliphatic heterocycles. The molecule has 1 amide bonds. The molecule has 0 spiro atoms. The van der Waals surface area contributed by atoms with Crippen LogP contribution in [0.25, 0.3) is 11.0 Å². The first-order valence-electron chi connectivity index (χ1n) is 11.8. The molecule has 0 saturated carbocycles. The van der Waals surface area contributed by atoms with Crippen molar-refractivity contribution in [3.8, 4) is 12.3 Å². The van der Waals surface area contributed by atoms with Gasteiger partial charge in [-0.3, -0.25) is 15.0 Å². The Hall–Kier alpha value is -4.76. The predicted octanol–water partition coefficient (Wildman–Crippen LogP) is 3.78. The van der Waals surface area contributed by atoms with Gasteiger partial charge in [0.25, 0.3) is 11.5 Å². The lowest BCUT2D eigenvalue weighted by atomic mass is 10.1. The first kappa shape index (κ1) is 27.3. The maximum Gasteiger partial charge on any atom is 0.298 e. The van der Waals surface area contributed by atoms with Crippen molar-refractivity contribution < 1.29 is 22.4 Å². The number of hydrogen-bond donors (Lipinski definition) is 2. The number of fused-ring (bicyclic) bond motifs is 1. The van der Waals surface area contributed by atoms with E-state index in [4.69, 9.17) is 12.2 Å². The van der Waals surface area contributed by atoms with E-state index in [1.807, 2.05) is 0 Å². The fourth-order valence-electron chi connectivity index (χ4n) is 4.00. The standard InChI is InChI=1S/C27H22F4N6O2/c1-2-8-20(36(14-7-12-32)26(38)17-15-18(28)22(30)23(31)21(17)29)25-34-19-11-6-13-33-24(19)27(39)37(25)35-16-9-4-3-5-10-16/h1,3-6,9-11,13,15,20,35H,7-8,12,14,32H2/t20-/m1/s1. The molecule has 0 aliphatic carbocycles. The summed E-state index contributed by atoms with van der Waals surface area (Å²) in [6.07, 6.45) is 6.97. The Balaban J connectivity index is 1.94. The number of para-hydroxylation sites is 1. The normalized spacial score (nSPS) is 11.7. The molecule has 0 saturated heterocycles. The summed E-state index contributed by atoms with van der Waals surface area (Å²) in [4.78, 5) is 36.8. The highest BCUT2D eigenvalue weighted by molar-refractivity contribution is 5.95. The van der Waals surface area contributed by atoms with Crippen molar-refractivity contribution in [3.63, 3.8) is 0 Å². The summed E-state index contributed by atoms with van der Waals surface area (Å²) >= 11 is 0. The molecule has 0 fully saturated rings. The molecule has 0 radical (unpaired) electrons. The molecule has 8 nitrogen and oxygen atoms in total. The summed E-state index contributed by atoms with van der Waals surface area (Å²) in [7, 11) is 0. The zero-order valence-electron chi connectivity index (χ0n) is 20.4. The van der Waals surface area contributed by atoms with Crippen LogP contribution in [0, 0.1) is 35.6 Å². The van der Waals surface area contributed by atoms with Gasteiger partial charge >= 0.3 is 0 Å². The fourth-order valence-corrected chi connectivity index (χ4v) is 4.00. The lowest BCUT2D eigenvalue weighted by Gasteiger charge is -2.32. The van der Waals surface area contributed by atoms with E-state index in [0.29, 0.717) is 5.69 Å². The number of nitrogens with one attached hydrogen (secondary N) is 1. The first-order valence-corrected chi connectivity index (χ1v) is 11.8. The molecule has 12 heteroatoms. The van der Waals surface area contributed by atoms with Gasteiger partial charge in [-0.1, -0.05) is 18.2 Å². The van der Waals surface area contributed by atoms with Crippen molar-refractivity contribution >= 4 is 22.6 Å². The number of aromatic nitrogens is 3. The highest BCUT2D eigenvalue weighted by Crippen LogP contribution is 2.28. The molecule has 1 atom stereocenters. The van der Waals surface area contributed by atoms with Gasteiger partial charge in [-0.2, -0.15) is 0 Å². The van der Waals surface area contributed by atoms with Crippen molar-refractivity contribution in [1.82, 2.24) is 19.5 Å². The third kappa shape index (κ3) is 5.44. The number of anilines is 1. The lowest BCUT2D eigenvalue weighted by molar-refractivity contribution is 0.0659. The minimum atomic E-state index is -2.14. The molecule has 2 aromatic heterocycles. The van der Waals surface area contributed by atoms with Gasteiger partial charge in [0.1, 0.15) is 6.04 Å². The van der Waals surface area contributed by atoms with Crippen LogP contribution >= 0.6 is 0 Å². The Labute approximate surface area is 220 Å². The lowest BCUT2D eigenvalue weighted by Crippen LogP contribution is -2.42. The van der Waals surface area contributed by atoms with Crippen LogP contribution in [-0.2, 0) is 0 Å². The molecule has 200 valence electrons. The van der Waals surface area contributed by atoms with E-state index in [-0.39, 0.29) is 48.9 Å². The van der Waals surface area contributed by atoms with Crippen LogP contribution in [0.3, 0.4) is 0 Å². The van der Waals surface area contributed by atoms with Crippen LogP contribution in [0.2, 0.25) is 0 Å². The second kappa shape index (κ2) is 11.7. The quantitative estimate of drug-likeness (QED) is 0.145. The van der Waals surface area contributed by atoms with Crippen LogP contribution in [0.4, 0.5) is 23.2 Å². The fraction of sp³-hybridized carbons (Fsp3) is 0.185. The molecule has 0 unspecified atom stereocenters. The third-order valence-electron chi connectivity index (χ3n) is 5.85. The van der Waals surface area contributed by atoms with E-state index in [2.05, 4.69) is 21.3 Å². The first-order chi connectivity index (χ1) is 18.8. The number of carbonyl (C=O) groups is 1. The molecular weight excluding hydrogens is 516 g/mol. The smallest absolute Gasteiger partial charge is 0.298 e. The average Bonchev–Trinajstić information content (AvgIpc) is 2.95. The maximum atomic E-state index is 14.7. The second-order valence-corrected chi connectivity index (χ2v) is 8.37. The van der Waals surface area contributed by atoms with Gasteiger partial charge in [0.05, 0.1) is 16.8 Å². The molecular formula is C27H22F4N6O2. The largest absolute Gasteiger partial charge is 0.330 e.